The summed E-state index contributed by atoms with van der Waals surface area (Å²) in [6.07, 6.45) is 3.99. The number of carbonyl (C=O) groups is 1. The van der Waals surface area contributed by atoms with Crippen molar-refractivity contribution in [1.29, 1.82) is 0 Å². The summed E-state index contributed by atoms with van der Waals surface area (Å²) in [6, 6.07) is 18.3. The van der Waals surface area contributed by atoms with Gasteiger partial charge in [-0.2, -0.15) is 0 Å². The van der Waals surface area contributed by atoms with E-state index in [9.17, 15) is 4.79 Å². The Morgan fingerprint density at radius 1 is 0.963 bits per heavy atom. The number of carbonyl (C=O) groups excluding carboxylic acids is 1. The number of nitrogens with one attached hydrogen (secondary N) is 2. The van der Waals surface area contributed by atoms with Gasteiger partial charge in [-0.05, 0) is 61.0 Å². The summed E-state index contributed by atoms with van der Waals surface area (Å²) in [7, 11) is 0. The quantitative estimate of drug-likeness (QED) is 0.488. The minimum Gasteiger partial charge on any atom is -0.308 e. The number of hydrogen-bond acceptors (Lipinski definition) is 2. The fourth-order valence-electron chi connectivity index (χ4n) is 2.77. The summed E-state index contributed by atoms with van der Waals surface area (Å²) in [4.78, 5) is 16.7. The lowest BCUT2D eigenvalue weighted by Gasteiger charge is -2.08. The lowest BCUT2D eigenvalue weighted by atomic mass is 10.1. The van der Waals surface area contributed by atoms with Crippen molar-refractivity contribution in [2.24, 2.45) is 0 Å². The summed E-state index contributed by atoms with van der Waals surface area (Å²) in [5, 5.41) is 6.20. The summed E-state index contributed by atoms with van der Waals surface area (Å²) in [5.74, 6) is 0. The number of amides is 2. The van der Waals surface area contributed by atoms with Crippen molar-refractivity contribution >= 4 is 34.7 Å². The zero-order valence-corrected chi connectivity index (χ0v) is 15.4. The number of hydrogen-bond donors (Lipinski definition) is 2. The van der Waals surface area contributed by atoms with Crippen molar-refractivity contribution in [2.45, 2.75) is 6.92 Å². The van der Waals surface area contributed by atoms with Crippen LogP contribution in [-0.4, -0.2) is 15.4 Å². The highest BCUT2D eigenvalue weighted by molar-refractivity contribution is 6.30. The van der Waals surface area contributed by atoms with Gasteiger partial charge >= 0.3 is 6.03 Å². The van der Waals surface area contributed by atoms with Crippen LogP contribution in [0.4, 0.5) is 16.2 Å². The second-order valence-corrected chi connectivity index (χ2v) is 6.70. The van der Waals surface area contributed by atoms with Gasteiger partial charge in [0.25, 0.3) is 0 Å². The van der Waals surface area contributed by atoms with Crippen LogP contribution < -0.4 is 10.6 Å². The van der Waals surface area contributed by atoms with Crippen LogP contribution in [0.5, 0.6) is 0 Å². The largest absolute Gasteiger partial charge is 0.323 e. The van der Waals surface area contributed by atoms with Gasteiger partial charge in [0.1, 0.15) is 5.65 Å². The molecule has 2 amide bonds. The van der Waals surface area contributed by atoms with Gasteiger partial charge in [-0.25, -0.2) is 9.78 Å². The number of rotatable bonds is 3. The predicted octanol–water partition coefficient (Wildman–Crippen LogP) is 5.61. The van der Waals surface area contributed by atoms with Crippen molar-refractivity contribution in [1.82, 2.24) is 9.38 Å². The molecule has 6 heteroatoms. The Labute approximate surface area is 161 Å². The lowest BCUT2D eigenvalue weighted by Crippen LogP contribution is -2.19. The highest BCUT2D eigenvalue weighted by Gasteiger charge is 2.06. The molecule has 0 saturated carbocycles. The van der Waals surface area contributed by atoms with E-state index in [1.807, 2.05) is 60.1 Å². The molecule has 4 aromatic rings. The van der Waals surface area contributed by atoms with E-state index in [0.29, 0.717) is 16.4 Å². The smallest absolute Gasteiger partial charge is 0.308 e. The zero-order chi connectivity index (χ0) is 18.8. The number of halogens is 1. The van der Waals surface area contributed by atoms with Crippen LogP contribution in [-0.2, 0) is 0 Å². The van der Waals surface area contributed by atoms with Gasteiger partial charge in [-0.3, -0.25) is 0 Å². The van der Waals surface area contributed by atoms with Crippen LogP contribution >= 0.6 is 11.6 Å². The third-order valence-corrected chi connectivity index (χ3v) is 4.41. The number of anilines is 2. The fraction of sp³-hybridized carbons (Fsp3) is 0.0476. The number of benzene rings is 2. The van der Waals surface area contributed by atoms with E-state index in [0.717, 1.165) is 16.9 Å². The van der Waals surface area contributed by atoms with Gasteiger partial charge in [0.05, 0.1) is 5.69 Å². The molecule has 0 fully saturated rings. The molecule has 0 aliphatic carbocycles. The molecule has 0 aliphatic rings. The number of aryl methyl sites for hydroxylation is 1. The maximum Gasteiger partial charge on any atom is 0.323 e. The van der Waals surface area contributed by atoms with Crippen molar-refractivity contribution in [3.63, 3.8) is 0 Å². The van der Waals surface area contributed by atoms with Crippen molar-refractivity contribution < 1.29 is 4.79 Å². The first-order valence-corrected chi connectivity index (χ1v) is 8.84. The minimum atomic E-state index is -0.312. The van der Waals surface area contributed by atoms with E-state index in [-0.39, 0.29) is 6.03 Å². The number of nitrogens with zero attached hydrogens (tertiary/aromatic N) is 2. The summed E-state index contributed by atoms with van der Waals surface area (Å²) < 4.78 is 1.99. The Hall–Kier alpha value is -3.31. The first-order valence-electron chi connectivity index (χ1n) is 8.46. The molecule has 0 unspecified atom stereocenters. The molecule has 0 aliphatic heterocycles. The van der Waals surface area contributed by atoms with E-state index in [1.165, 1.54) is 5.56 Å². The zero-order valence-electron chi connectivity index (χ0n) is 14.6. The maximum absolute atomic E-state index is 12.1. The molecule has 0 radical (unpaired) electrons. The van der Waals surface area contributed by atoms with E-state index in [1.54, 1.807) is 24.3 Å². The highest BCUT2D eigenvalue weighted by Crippen LogP contribution is 2.22. The maximum atomic E-state index is 12.1. The summed E-state index contributed by atoms with van der Waals surface area (Å²) in [6.45, 7) is 2.05. The molecule has 27 heavy (non-hydrogen) atoms. The topological polar surface area (TPSA) is 58.4 Å². The molecule has 0 atom stereocenters. The Morgan fingerprint density at radius 3 is 2.26 bits per heavy atom. The van der Waals surface area contributed by atoms with E-state index >= 15 is 0 Å². The molecule has 2 aromatic heterocycles. The van der Waals surface area contributed by atoms with Crippen molar-refractivity contribution in [2.75, 3.05) is 10.6 Å². The van der Waals surface area contributed by atoms with Gasteiger partial charge in [0, 0.05) is 34.4 Å². The van der Waals surface area contributed by atoms with Crippen LogP contribution in [0, 0.1) is 6.92 Å². The molecule has 4 rings (SSSR count). The second-order valence-electron chi connectivity index (χ2n) is 6.26. The first kappa shape index (κ1) is 17.1. The molecule has 2 heterocycles. The molecule has 5 nitrogen and oxygen atoms in total. The third-order valence-electron chi connectivity index (χ3n) is 4.16. The number of pyridine rings is 1. The Balaban J connectivity index is 1.46. The second kappa shape index (κ2) is 7.13. The Morgan fingerprint density at radius 2 is 1.59 bits per heavy atom. The summed E-state index contributed by atoms with van der Waals surface area (Å²) in [5.41, 5.74) is 5.33. The molecule has 0 spiro atoms. The average molecular weight is 377 g/mol. The molecular formula is C21H17ClN4O. The van der Waals surface area contributed by atoms with Crippen molar-refractivity contribution in [3.8, 4) is 11.3 Å². The molecule has 2 N–H and O–H groups in total. The van der Waals surface area contributed by atoms with Crippen LogP contribution in [0.1, 0.15) is 5.56 Å². The number of imidazole rings is 1. The SMILES string of the molecule is Cc1ccn2cc(-c3ccc(NC(=O)Nc4ccc(Cl)cc4)cc3)nc2c1. The van der Waals surface area contributed by atoms with Gasteiger partial charge in [-0.1, -0.05) is 23.7 Å². The third kappa shape index (κ3) is 3.93. The number of aromatic nitrogens is 2. The molecule has 134 valence electrons. The monoisotopic (exact) mass is 376 g/mol. The normalized spacial score (nSPS) is 10.7. The van der Waals surface area contributed by atoms with Crippen LogP contribution in [0.15, 0.2) is 73.1 Å². The van der Waals surface area contributed by atoms with Crippen LogP contribution in [0.25, 0.3) is 16.9 Å². The molecule has 2 aromatic carbocycles. The van der Waals surface area contributed by atoms with E-state index in [4.69, 9.17) is 11.6 Å². The van der Waals surface area contributed by atoms with Gasteiger partial charge in [-0.15, -0.1) is 0 Å². The van der Waals surface area contributed by atoms with Crippen LogP contribution in [0.2, 0.25) is 5.02 Å². The van der Waals surface area contributed by atoms with E-state index < -0.39 is 0 Å². The van der Waals surface area contributed by atoms with Crippen molar-refractivity contribution in [3.05, 3.63) is 83.6 Å². The Bertz CT molecular complexity index is 1100. The molecular weight excluding hydrogens is 360 g/mol. The number of fused-ring (bicyclic) bond motifs is 1. The highest BCUT2D eigenvalue weighted by atomic mass is 35.5. The number of urea groups is 1. The lowest BCUT2D eigenvalue weighted by molar-refractivity contribution is 0.262. The van der Waals surface area contributed by atoms with Crippen LogP contribution in [0.3, 0.4) is 0 Å². The average Bonchev–Trinajstić information content (AvgIpc) is 3.07. The molecule has 0 saturated heterocycles. The van der Waals surface area contributed by atoms with Gasteiger partial charge in [0.2, 0.25) is 0 Å². The fourth-order valence-corrected chi connectivity index (χ4v) is 2.90. The standard InChI is InChI=1S/C21H17ClN4O/c1-14-10-11-26-13-19(25-20(26)12-14)15-2-6-17(7-3-15)23-21(27)24-18-8-4-16(22)5-9-18/h2-13H,1H3,(H2,23,24,27). The summed E-state index contributed by atoms with van der Waals surface area (Å²) >= 11 is 5.84. The predicted molar refractivity (Wildman–Crippen MR) is 109 cm³/mol. The van der Waals surface area contributed by atoms with Gasteiger partial charge in [0.15, 0.2) is 0 Å². The Kier molecular flexibility index (Phi) is 4.52. The molecule has 0 bridgehead atoms. The van der Waals surface area contributed by atoms with E-state index in [2.05, 4.69) is 15.6 Å². The van der Waals surface area contributed by atoms with Gasteiger partial charge < -0.3 is 15.0 Å². The minimum absolute atomic E-state index is 0.312. The first-order chi connectivity index (χ1) is 13.1.